The molecule has 0 aliphatic rings. The Balaban J connectivity index is 2.31. The van der Waals surface area contributed by atoms with Crippen LogP contribution in [-0.4, -0.2) is 17.3 Å². The number of carbonyl (C=O) groups excluding carboxylic acids is 1. The number of hydrogen-bond donors (Lipinski definition) is 0. The average molecular weight is 293 g/mol. The van der Waals surface area contributed by atoms with Crippen LogP contribution in [-0.2, 0) is 9.53 Å². The van der Waals surface area contributed by atoms with Crippen molar-refractivity contribution in [2.45, 2.75) is 29.4 Å². The van der Waals surface area contributed by atoms with Crippen molar-refractivity contribution in [3.8, 4) is 0 Å². The van der Waals surface area contributed by atoms with Gasteiger partial charge in [0.2, 0.25) is 0 Å². The summed E-state index contributed by atoms with van der Waals surface area (Å²) < 4.78 is 4.70. The van der Waals surface area contributed by atoms with E-state index in [-0.39, 0.29) is 10.7 Å². The third kappa shape index (κ3) is 6.20. The van der Waals surface area contributed by atoms with E-state index >= 15 is 0 Å². The van der Waals surface area contributed by atoms with Crippen molar-refractivity contribution >= 4 is 40.9 Å². The first kappa shape index (κ1) is 14.7. The summed E-state index contributed by atoms with van der Waals surface area (Å²) in [7, 11) is 0. The largest absolute Gasteiger partial charge is 0.466 e. The second kappa shape index (κ2) is 7.85. The molecule has 2 nitrogen and oxygen atoms in total. The quantitative estimate of drug-likeness (QED) is 0.443. The number of halogens is 2. The summed E-state index contributed by atoms with van der Waals surface area (Å²) in [6, 6.07) is 7.46. The Kier molecular flexibility index (Phi) is 6.78. The van der Waals surface area contributed by atoms with Crippen molar-refractivity contribution < 1.29 is 9.53 Å². The van der Waals surface area contributed by atoms with Crippen LogP contribution >= 0.6 is 35.0 Å². The third-order valence-electron chi connectivity index (χ3n) is 1.96. The molecule has 5 heteroatoms. The Hall–Kier alpha value is -0.380. The van der Waals surface area contributed by atoms with Gasteiger partial charge in [0.1, 0.15) is 0 Å². The lowest BCUT2D eigenvalue weighted by Crippen LogP contribution is -2.06. The fourth-order valence-electron chi connectivity index (χ4n) is 1.18. The van der Waals surface area contributed by atoms with Crippen LogP contribution in [0.25, 0.3) is 0 Å². The number of esters is 1. The third-order valence-corrected chi connectivity index (χ3v) is 3.73. The van der Waals surface area contributed by atoms with E-state index in [4.69, 9.17) is 27.9 Å². The first-order valence-corrected chi connectivity index (χ1v) is 7.03. The van der Waals surface area contributed by atoms with E-state index in [2.05, 4.69) is 0 Å². The van der Waals surface area contributed by atoms with E-state index in [1.165, 1.54) is 11.8 Å². The van der Waals surface area contributed by atoms with Crippen molar-refractivity contribution in [1.29, 1.82) is 0 Å². The van der Waals surface area contributed by atoms with E-state index in [0.29, 0.717) is 24.5 Å². The number of carbonyl (C=O) groups is 1. The first-order chi connectivity index (χ1) is 8.11. The zero-order valence-electron chi connectivity index (χ0n) is 9.49. The monoisotopic (exact) mass is 292 g/mol. The molecule has 17 heavy (non-hydrogen) atoms. The van der Waals surface area contributed by atoms with E-state index < -0.39 is 0 Å². The SMILES string of the molecule is CCOC(=O)CCC(Cl)Sc1ccc(Cl)cc1. The molecule has 1 aromatic rings. The highest BCUT2D eigenvalue weighted by Crippen LogP contribution is 2.29. The van der Waals surface area contributed by atoms with Gasteiger partial charge in [0.05, 0.1) is 11.3 Å². The molecule has 1 rings (SSSR count). The molecule has 0 saturated carbocycles. The minimum Gasteiger partial charge on any atom is -0.466 e. The van der Waals surface area contributed by atoms with E-state index in [1.54, 1.807) is 6.92 Å². The first-order valence-electron chi connectivity index (χ1n) is 5.33. The molecule has 0 spiro atoms. The highest BCUT2D eigenvalue weighted by Gasteiger charge is 2.10. The minimum absolute atomic E-state index is 0.138. The molecule has 0 aliphatic carbocycles. The Morgan fingerprint density at radius 2 is 2.06 bits per heavy atom. The van der Waals surface area contributed by atoms with E-state index in [0.717, 1.165) is 4.90 Å². The van der Waals surface area contributed by atoms with Crippen LogP contribution in [0.3, 0.4) is 0 Å². The van der Waals surface area contributed by atoms with Crippen LogP contribution in [0.2, 0.25) is 5.02 Å². The maximum absolute atomic E-state index is 11.1. The summed E-state index contributed by atoms with van der Waals surface area (Å²) in [6.45, 7) is 2.20. The Labute approximate surface area is 116 Å². The van der Waals surface area contributed by atoms with Gasteiger partial charge in [-0.3, -0.25) is 4.79 Å². The summed E-state index contributed by atoms with van der Waals surface area (Å²) in [5, 5.41) is 0.701. The van der Waals surface area contributed by atoms with E-state index in [9.17, 15) is 4.79 Å². The van der Waals surface area contributed by atoms with Gasteiger partial charge in [0.15, 0.2) is 0 Å². The second-order valence-corrected chi connectivity index (χ2v) is 5.82. The highest BCUT2D eigenvalue weighted by atomic mass is 35.5. The lowest BCUT2D eigenvalue weighted by molar-refractivity contribution is -0.143. The predicted molar refractivity (Wildman–Crippen MR) is 72.8 cm³/mol. The van der Waals surface area contributed by atoms with Crippen LogP contribution in [0.5, 0.6) is 0 Å². The van der Waals surface area contributed by atoms with Gasteiger partial charge in [-0.25, -0.2) is 0 Å². The summed E-state index contributed by atoms with van der Waals surface area (Å²) in [5.41, 5.74) is 0. The highest BCUT2D eigenvalue weighted by molar-refractivity contribution is 8.01. The van der Waals surface area contributed by atoms with Crippen molar-refractivity contribution in [3.05, 3.63) is 29.3 Å². The predicted octanol–water partition coefficient (Wildman–Crippen LogP) is 4.34. The van der Waals surface area contributed by atoms with Gasteiger partial charge in [-0.1, -0.05) is 11.6 Å². The number of thioether (sulfide) groups is 1. The maximum Gasteiger partial charge on any atom is 0.305 e. The molecule has 0 aliphatic heterocycles. The normalized spacial score (nSPS) is 12.2. The summed E-state index contributed by atoms with van der Waals surface area (Å²) in [4.78, 5) is 12.2. The summed E-state index contributed by atoms with van der Waals surface area (Å²) in [6.07, 6.45) is 0.941. The molecular weight excluding hydrogens is 279 g/mol. The van der Waals surface area contributed by atoms with Crippen molar-refractivity contribution in [1.82, 2.24) is 0 Å². The molecule has 0 bridgehead atoms. The molecule has 94 valence electrons. The molecule has 0 saturated heterocycles. The minimum atomic E-state index is -0.199. The van der Waals surface area contributed by atoms with Crippen LogP contribution < -0.4 is 0 Å². The van der Waals surface area contributed by atoms with Crippen LogP contribution in [0.4, 0.5) is 0 Å². The van der Waals surface area contributed by atoms with Crippen molar-refractivity contribution in [3.63, 3.8) is 0 Å². The van der Waals surface area contributed by atoms with Gasteiger partial charge in [-0.05, 0) is 37.6 Å². The van der Waals surface area contributed by atoms with Gasteiger partial charge < -0.3 is 4.74 Å². The smallest absolute Gasteiger partial charge is 0.305 e. The van der Waals surface area contributed by atoms with Gasteiger partial charge in [-0.2, -0.15) is 0 Å². The molecule has 0 aromatic heterocycles. The van der Waals surface area contributed by atoms with Crippen LogP contribution in [0.1, 0.15) is 19.8 Å². The number of alkyl halides is 1. The van der Waals surface area contributed by atoms with Gasteiger partial charge in [0, 0.05) is 16.3 Å². The Bertz CT molecular complexity index is 354. The van der Waals surface area contributed by atoms with Crippen LogP contribution in [0, 0.1) is 0 Å². The number of rotatable bonds is 6. The molecule has 0 radical (unpaired) electrons. The topological polar surface area (TPSA) is 26.3 Å². The molecule has 1 unspecified atom stereocenters. The van der Waals surface area contributed by atoms with Gasteiger partial charge in [-0.15, -0.1) is 23.4 Å². The van der Waals surface area contributed by atoms with Gasteiger partial charge >= 0.3 is 5.97 Å². The molecular formula is C12H14Cl2O2S. The standard InChI is InChI=1S/C12H14Cl2O2S/c1-2-16-12(15)8-7-11(14)17-10-5-3-9(13)4-6-10/h3-6,11H,2,7-8H2,1H3. The Morgan fingerprint density at radius 3 is 2.65 bits per heavy atom. The molecule has 1 aromatic carbocycles. The lowest BCUT2D eigenvalue weighted by Gasteiger charge is -2.08. The molecule has 1 atom stereocenters. The lowest BCUT2D eigenvalue weighted by atomic mass is 10.3. The maximum atomic E-state index is 11.1. The van der Waals surface area contributed by atoms with Crippen LogP contribution in [0.15, 0.2) is 29.2 Å². The fourth-order valence-corrected chi connectivity index (χ4v) is 2.55. The van der Waals surface area contributed by atoms with E-state index in [1.807, 2.05) is 24.3 Å². The van der Waals surface area contributed by atoms with Crippen molar-refractivity contribution in [2.75, 3.05) is 6.61 Å². The molecule has 0 fully saturated rings. The summed E-state index contributed by atoms with van der Waals surface area (Å²) >= 11 is 13.4. The zero-order valence-corrected chi connectivity index (χ0v) is 11.8. The fraction of sp³-hybridized carbons (Fsp3) is 0.417. The van der Waals surface area contributed by atoms with Crippen molar-refractivity contribution in [2.24, 2.45) is 0 Å². The Morgan fingerprint density at radius 1 is 1.41 bits per heavy atom. The zero-order chi connectivity index (χ0) is 12.7. The molecule has 0 amide bonds. The second-order valence-electron chi connectivity index (χ2n) is 3.33. The number of benzene rings is 1. The summed E-state index contributed by atoms with van der Waals surface area (Å²) in [5.74, 6) is -0.199. The number of ether oxygens (including phenoxy) is 1. The molecule has 0 heterocycles. The number of hydrogen-bond acceptors (Lipinski definition) is 3. The average Bonchev–Trinajstić information content (AvgIpc) is 2.30. The molecule has 0 N–H and O–H groups in total. The van der Waals surface area contributed by atoms with Gasteiger partial charge in [0.25, 0.3) is 0 Å².